The molecule has 0 radical (unpaired) electrons. The number of nitrogens with one attached hydrogen (secondary N) is 1. The maximum atomic E-state index is 11.3. The van der Waals surface area contributed by atoms with Gasteiger partial charge in [-0.1, -0.05) is 44.7 Å². The molecule has 0 aromatic carbocycles. The summed E-state index contributed by atoms with van der Waals surface area (Å²) in [6.07, 6.45) is 6.39. The van der Waals surface area contributed by atoms with E-state index in [2.05, 4.69) is 21.9 Å². The number of carbonyl (C=O) groups is 1. The van der Waals surface area contributed by atoms with Gasteiger partial charge in [-0.25, -0.2) is 9.78 Å². The Morgan fingerprint density at radius 1 is 1.40 bits per heavy atom. The number of hydrogen-bond acceptors (Lipinski definition) is 4. The highest BCUT2D eigenvalue weighted by Crippen LogP contribution is 2.12. The summed E-state index contributed by atoms with van der Waals surface area (Å²) in [5, 5.41) is 0.518. The van der Waals surface area contributed by atoms with Crippen molar-refractivity contribution in [3.63, 3.8) is 0 Å². The fourth-order valence-electron chi connectivity index (χ4n) is 2.37. The van der Waals surface area contributed by atoms with Gasteiger partial charge in [-0.05, 0) is 25.7 Å². The number of aromatic amines is 1. The molecule has 6 nitrogen and oxygen atoms in total. The van der Waals surface area contributed by atoms with Crippen molar-refractivity contribution >= 4 is 17.7 Å². The number of rotatable bonds is 10. The Morgan fingerprint density at radius 3 is 2.76 bits per heavy atom. The third kappa shape index (κ3) is 7.90. The molecule has 1 aromatic heterocycles. The van der Waals surface area contributed by atoms with Gasteiger partial charge in [-0.3, -0.25) is 4.99 Å². The van der Waals surface area contributed by atoms with Crippen LogP contribution in [0.1, 0.15) is 59.4 Å². The Bertz CT molecular complexity index is 634. The van der Waals surface area contributed by atoms with E-state index in [4.69, 9.17) is 17.7 Å². The molecule has 0 saturated heterocycles. The van der Waals surface area contributed by atoms with Crippen LogP contribution in [0.5, 0.6) is 0 Å². The van der Waals surface area contributed by atoms with Crippen molar-refractivity contribution in [3.8, 4) is 0 Å². The van der Waals surface area contributed by atoms with E-state index in [1.54, 1.807) is 14.1 Å². The molecule has 0 bridgehead atoms. The monoisotopic (exact) mass is 371 g/mol. The molecule has 0 aliphatic heterocycles. The van der Waals surface area contributed by atoms with Gasteiger partial charge >= 0.3 is 6.09 Å². The lowest BCUT2D eigenvalue weighted by Crippen LogP contribution is -2.23. The fourth-order valence-corrected chi connectivity index (χ4v) is 2.65. The van der Waals surface area contributed by atoms with Crippen molar-refractivity contribution in [3.05, 3.63) is 22.5 Å². The summed E-state index contributed by atoms with van der Waals surface area (Å²) in [5.74, 6) is 0. The maximum Gasteiger partial charge on any atom is 0.409 e. The molecule has 142 valence electrons. The van der Waals surface area contributed by atoms with Crippen molar-refractivity contribution in [2.45, 2.75) is 64.8 Å². The van der Waals surface area contributed by atoms with Crippen molar-refractivity contribution in [1.29, 1.82) is 0 Å². The van der Waals surface area contributed by atoms with Crippen molar-refractivity contribution in [1.82, 2.24) is 14.9 Å². The third-order valence-electron chi connectivity index (χ3n) is 3.98. The summed E-state index contributed by atoms with van der Waals surface area (Å²) in [5.41, 5.74) is 1.27. The van der Waals surface area contributed by atoms with Gasteiger partial charge in [-0.2, -0.15) is 0 Å². The predicted octanol–water partition coefficient (Wildman–Crippen LogP) is 3.95. The predicted molar refractivity (Wildman–Crippen MR) is 101 cm³/mol. The highest BCUT2D eigenvalue weighted by Gasteiger charge is 2.07. The van der Waals surface area contributed by atoms with E-state index >= 15 is 0 Å². The van der Waals surface area contributed by atoms with Gasteiger partial charge in [0, 0.05) is 19.8 Å². The van der Waals surface area contributed by atoms with E-state index < -0.39 is 0 Å². The van der Waals surface area contributed by atoms with E-state index in [-0.39, 0.29) is 18.4 Å². The van der Waals surface area contributed by atoms with Crippen LogP contribution in [0.15, 0.2) is 11.3 Å². The number of hydrogen-bond donors (Lipinski definition) is 1. The first-order valence-electron chi connectivity index (χ1n) is 9.52. The molecule has 0 aliphatic carbocycles. The lowest BCUT2D eigenvalue weighted by molar-refractivity contribution is 0.116. The molecule has 1 unspecified atom stereocenters. The molecule has 0 fully saturated rings. The van der Waals surface area contributed by atoms with Gasteiger partial charge in [0.1, 0.15) is 6.39 Å². The normalized spacial score (nSPS) is 13.5. The van der Waals surface area contributed by atoms with Crippen molar-refractivity contribution in [2.75, 3.05) is 20.7 Å². The van der Waals surface area contributed by atoms with E-state index in [9.17, 15) is 4.79 Å². The largest absolute Gasteiger partial charge is 0.449 e. The Hall–Kier alpha value is -1.56. The fraction of sp³-hybridized carbons (Fsp3) is 0.722. The standard InChI is InChI=1S/C18H31ClN4O2/c1-5-14(22-17-16(19)15(6-2)20-13-21-17)11-9-7-8-10-12-25-18(24)23(3)4/h13-14H,5-12H2,1-4H3,(H,20,21,22)/i13D. The smallest absolute Gasteiger partial charge is 0.409 e. The summed E-state index contributed by atoms with van der Waals surface area (Å²) in [7, 11) is 3.35. The van der Waals surface area contributed by atoms with Crippen LogP contribution in [0.3, 0.4) is 0 Å². The summed E-state index contributed by atoms with van der Waals surface area (Å²) < 4.78 is 12.8. The Kier molecular flexibility index (Phi) is 9.41. The number of aromatic nitrogens is 2. The van der Waals surface area contributed by atoms with Gasteiger partial charge < -0.3 is 14.6 Å². The molecule has 1 aromatic rings. The average molecular weight is 372 g/mol. The first-order chi connectivity index (χ1) is 12.4. The molecule has 7 heteroatoms. The van der Waals surface area contributed by atoms with E-state index in [0.717, 1.165) is 44.2 Å². The summed E-state index contributed by atoms with van der Waals surface area (Å²) in [6.45, 7) is 4.54. The number of nitrogens with zero attached hydrogens (tertiary/aromatic N) is 3. The van der Waals surface area contributed by atoms with Crippen LogP contribution >= 0.6 is 11.6 Å². The average Bonchev–Trinajstić information content (AvgIpc) is 2.61. The van der Waals surface area contributed by atoms with Crippen molar-refractivity contribution < 1.29 is 10.9 Å². The number of ether oxygens (including phenoxy) is 1. The quantitative estimate of drug-likeness (QED) is 0.633. The van der Waals surface area contributed by atoms with Gasteiger partial charge in [0.2, 0.25) is 0 Å². The van der Waals surface area contributed by atoms with Gasteiger partial charge in [0.25, 0.3) is 0 Å². The van der Waals surface area contributed by atoms with Crippen molar-refractivity contribution in [2.24, 2.45) is 4.99 Å². The Labute approximate surface area is 157 Å². The summed E-state index contributed by atoms with van der Waals surface area (Å²) in [4.78, 5) is 24.4. The first-order valence-corrected chi connectivity index (χ1v) is 9.40. The molecule has 0 spiro atoms. The molecular formula is C18H31ClN4O2. The molecule has 25 heavy (non-hydrogen) atoms. The van der Waals surface area contributed by atoms with Gasteiger partial charge in [0.15, 0.2) is 5.49 Å². The molecule has 0 aliphatic rings. The maximum absolute atomic E-state index is 11.3. The van der Waals surface area contributed by atoms with Gasteiger partial charge in [-0.15, -0.1) is 0 Å². The molecular weight excluding hydrogens is 340 g/mol. The molecule has 1 rings (SSSR count). The zero-order chi connectivity index (χ0) is 19.5. The topological polar surface area (TPSA) is 70.6 Å². The van der Waals surface area contributed by atoms with E-state index in [1.165, 1.54) is 4.90 Å². The first kappa shape index (κ1) is 19.8. The molecule has 1 heterocycles. The second kappa shape index (κ2) is 11.9. The van der Waals surface area contributed by atoms with E-state index in [1.807, 2.05) is 6.92 Å². The van der Waals surface area contributed by atoms with Crippen LogP contribution < -0.4 is 5.49 Å². The Balaban J connectivity index is 2.44. The SMILES string of the molecule is [2H]c1nc(=NC(CC)CCCCCCOC(=O)N(C)C)c(Cl)c(CC)[nH]1. The van der Waals surface area contributed by atoms with Crippen LogP contribution in [-0.4, -0.2) is 47.7 Å². The number of H-pyrrole nitrogens is 1. The van der Waals surface area contributed by atoms with Crippen LogP contribution in [0.25, 0.3) is 0 Å². The highest BCUT2D eigenvalue weighted by molar-refractivity contribution is 6.30. The number of aryl methyl sites for hydroxylation is 1. The second-order valence-corrected chi connectivity index (χ2v) is 6.60. The van der Waals surface area contributed by atoms with Crippen LogP contribution in [0.4, 0.5) is 4.79 Å². The van der Waals surface area contributed by atoms with Crippen LogP contribution in [0.2, 0.25) is 5.02 Å². The minimum absolute atomic E-state index is 0.0899. The minimum atomic E-state index is -0.292. The summed E-state index contributed by atoms with van der Waals surface area (Å²) in [6, 6.07) is 0.151. The minimum Gasteiger partial charge on any atom is -0.449 e. The van der Waals surface area contributed by atoms with E-state index in [0.29, 0.717) is 23.5 Å². The molecule has 1 N–H and O–H groups in total. The Morgan fingerprint density at radius 2 is 2.12 bits per heavy atom. The molecule has 1 atom stereocenters. The van der Waals surface area contributed by atoms with Gasteiger partial charge in [0.05, 0.1) is 19.0 Å². The summed E-state index contributed by atoms with van der Waals surface area (Å²) >= 11 is 6.33. The lowest BCUT2D eigenvalue weighted by atomic mass is 10.1. The highest BCUT2D eigenvalue weighted by atomic mass is 35.5. The van der Waals surface area contributed by atoms with Crippen LogP contribution in [-0.2, 0) is 11.2 Å². The second-order valence-electron chi connectivity index (χ2n) is 6.22. The lowest BCUT2D eigenvalue weighted by Gasteiger charge is -2.11. The zero-order valence-corrected chi connectivity index (χ0v) is 16.5. The zero-order valence-electron chi connectivity index (χ0n) is 16.8. The number of unbranched alkanes of at least 4 members (excludes halogenated alkanes) is 3. The van der Waals surface area contributed by atoms with Crippen LogP contribution in [0, 0.1) is 0 Å². The number of amides is 1. The molecule has 1 amide bonds. The number of carbonyl (C=O) groups excluding carboxylic acids is 1. The third-order valence-corrected chi connectivity index (χ3v) is 4.38. The molecule has 0 saturated carbocycles. The number of halogens is 1.